The summed E-state index contributed by atoms with van der Waals surface area (Å²) in [6.45, 7) is 4.07. The number of hydrogen-bond donors (Lipinski definition) is 2. The number of aromatic amines is 1. The Labute approximate surface area is 121 Å². The van der Waals surface area contributed by atoms with Crippen LogP contribution in [0.25, 0.3) is 0 Å². The largest absolute Gasteiger partial charge is 0.328 e. The fourth-order valence-electron chi connectivity index (χ4n) is 2.06. The molecule has 6 nitrogen and oxygen atoms in total. The molecule has 6 heteroatoms. The smallest absolute Gasteiger partial charge is 0.326 e. The molecule has 1 amide bonds. The molecule has 0 aliphatic rings. The lowest BCUT2D eigenvalue weighted by Gasteiger charge is -2.11. The molecule has 1 aromatic carbocycles. The van der Waals surface area contributed by atoms with Crippen LogP contribution in [0.3, 0.4) is 0 Å². The van der Waals surface area contributed by atoms with Gasteiger partial charge in [0.05, 0.1) is 0 Å². The first-order chi connectivity index (χ1) is 9.97. The van der Waals surface area contributed by atoms with Crippen LogP contribution in [0.1, 0.15) is 17.5 Å². The van der Waals surface area contributed by atoms with Gasteiger partial charge in [0.1, 0.15) is 0 Å². The van der Waals surface area contributed by atoms with Gasteiger partial charge >= 0.3 is 5.69 Å². The minimum Gasteiger partial charge on any atom is -0.326 e. The van der Waals surface area contributed by atoms with Crippen molar-refractivity contribution in [1.82, 2.24) is 9.55 Å². The molecule has 2 N–H and O–H groups in total. The third-order valence-electron chi connectivity index (χ3n) is 3.22. The van der Waals surface area contributed by atoms with Crippen molar-refractivity contribution in [3.05, 3.63) is 62.4 Å². The second-order valence-corrected chi connectivity index (χ2v) is 4.87. The van der Waals surface area contributed by atoms with Crippen LogP contribution in [0.2, 0.25) is 0 Å². The van der Waals surface area contributed by atoms with Crippen LogP contribution >= 0.6 is 0 Å². The third-order valence-corrected chi connectivity index (χ3v) is 3.22. The maximum Gasteiger partial charge on any atom is 0.328 e. The Morgan fingerprint density at radius 3 is 2.48 bits per heavy atom. The number of nitrogens with one attached hydrogen (secondary N) is 2. The molecular weight excluding hydrogens is 270 g/mol. The van der Waals surface area contributed by atoms with Gasteiger partial charge in [-0.3, -0.25) is 14.6 Å². The minimum absolute atomic E-state index is 0.153. The summed E-state index contributed by atoms with van der Waals surface area (Å²) >= 11 is 0. The van der Waals surface area contributed by atoms with Gasteiger partial charge < -0.3 is 9.88 Å². The highest BCUT2D eigenvalue weighted by Crippen LogP contribution is 2.19. The number of nitrogens with zero attached hydrogens (tertiary/aromatic N) is 1. The molecule has 0 spiro atoms. The van der Waals surface area contributed by atoms with E-state index >= 15 is 0 Å². The normalized spacial score (nSPS) is 10.4. The maximum atomic E-state index is 12.0. The van der Waals surface area contributed by atoms with E-state index in [0.717, 1.165) is 16.8 Å². The van der Waals surface area contributed by atoms with Crippen molar-refractivity contribution in [2.75, 3.05) is 5.32 Å². The van der Waals surface area contributed by atoms with Crippen LogP contribution in [0.4, 0.5) is 5.69 Å². The molecule has 2 rings (SSSR count). The zero-order chi connectivity index (χ0) is 15.4. The van der Waals surface area contributed by atoms with Crippen LogP contribution in [0.15, 0.2) is 40.1 Å². The Morgan fingerprint density at radius 2 is 1.86 bits per heavy atom. The molecule has 0 aliphatic carbocycles. The molecule has 1 heterocycles. The molecule has 0 radical (unpaired) electrons. The summed E-state index contributed by atoms with van der Waals surface area (Å²) in [7, 11) is 0. The zero-order valence-corrected chi connectivity index (χ0v) is 12.0. The van der Waals surface area contributed by atoms with Gasteiger partial charge in [-0.05, 0) is 25.0 Å². The minimum atomic E-state index is -0.512. The molecule has 2 aromatic rings. The van der Waals surface area contributed by atoms with Gasteiger partial charge in [0, 0.05) is 30.9 Å². The Hall–Kier alpha value is -2.63. The summed E-state index contributed by atoms with van der Waals surface area (Å²) in [5, 5.41) is 2.85. The molecule has 0 unspecified atom stereocenters. The van der Waals surface area contributed by atoms with Gasteiger partial charge in [-0.25, -0.2) is 4.79 Å². The average molecular weight is 287 g/mol. The molecule has 110 valence electrons. The van der Waals surface area contributed by atoms with E-state index in [1.807, 2.05) is 32.0 Å². The first-order valence-corrected chi connectivity index (χ1v) is 6.63. The standard InChI is InChI=1S/C15H17N3O3/c1-10-4-3-5-11(2)14(10)16-12(19)6-8-18-9-7-13(20)17-15(18)21/h3-5,7,9H,6,8H2,1-2H3,(H,16,19)(H,17,20,21). The molecule has 0 saturated carbocycles. The van der Waals surface area contributed by atoms with Crippen molar-refractivity contribution in [1.29, 1.82) is 0 Å². The number of carbonyl (C=O) groups excluding carboxylic acids is 1. The Kier molecular flexibility index (Phi) is 4.37. The van der Waals surface area contributed by atoms with Gasteiger partial charge in [-0.2, -0.15) is 0 Å². The number of hydrogen-bond acceptors (Lipinski definition) is 3. The van der Waals surface area contributed by atoms with Gasteiger partial charge in [0.2, 0.25) is 5.91 Å². The highest BCUT2D eigenvalue weighted by molar-refractivity contribution is 5.92. The Bertz CT molecular complexity index is 754. The van der Waals surface area contributed by atoms with E-state index < -0.39 is 11.2 Å². The molecule has 0 atom stereocenters. The number of anilines is 1. The van der Waals surface area contributed by atoms with E-state index in [-0.39, 0.29) is 18.9 Å². The number of amides is 1. The van der Waals surface area contributed by atoms with Crippen molar-refractivity contribution in [2.45, 2.75) is 26.8 Å². The van der Waals surface area contributed by atoms with Crippen molar-refractivity contribution >= 4 is 11.6 Å². The van der Waals surface area contributed by atoms with Crippen LogP contribution in [0, 0.1) is 13.8 Å². The van der Waals surface area contributed by atoms with E-state index in [1.165, 1.54) is 16.8 Å². The van der Waals surface area contributed by atoms with Crippen LogP contribution in [-0.4, -0.2) is 15.5 Å². The predicted octanol–water partition coefficient (Wildman–Crippen LogP) is 1.18. The van der Waals surface area contributed by atoms with Crippen molar-refractivity contribution in [2.24, 2.45) is 0 Å². The summed E-state index contributed by atoms with van der Waals surface area (Å²) < 4.78 is 1.30. The quantitative estimate of drug-likeness (QED) is 0.885. The van der Waals surface area contributed by atoms with Gasteiger partial charge in [0.15, 0.2) is 0 Å². The molecule has 0 bridgehead atoms. The highest BCUT2D eigenvalue weighted by atomic mass is 16.2. The second kappa shape index (κ2) is 6.21. The number of rotatable bonds is 4. The number of H-pyrrole nitrogens is 1. The fourth-order valence-corrected chi connectivity index (χ4v) is 2.06. The van der Waals surface area contributed by atoms with Crippen LogP contribution < -0.4 is 16.6 Å². The maximum absolute atomic E-state index is 12.0. The van der Waals surface area contributed by atoms with Crippen molar-refractivity contribution < 1.29 is 4.79 Å². The topological polar surface area (TPSA) is 84.0 Å². The summed E-state index contributed by atoms with van der Waals surface area (Å²) in [4.78, 5) is 36.6. The van der Waals surface area contributed by atoms with Crippen molar-refractivity contribution in [3.8, 4) is 0 Å². The number of para-hydroxylation sites is 1. The molecule has 0 aliphatic heterocycles. The van der Waals surface area contributed by atoms with E-state index in [2.05, 4.69) is 10.3 Å². The first-order valence-electron chi connectivity index (χ1n) is 6.63. The Balaban J connectivity index is 2.03. The SMILES string of the molecule is Cc1cccc(C)c1NC(=O)CCn1ccc(=O)[nH]c1=O. The van der Waals surface area contributed by atoms with E-state index in [9.17, 15) is 14.4 Å². The zero-order valence-electron chi connectivity index (χ0n) is 12.0. The summed E-state index contributed by atoms with van der Waals surface area (Å²) in [6.07, 6.45) is 1.53. The highest BCUT2D eigenvalue weighted by Gasteiger charge is 2.07. The number of benzene rings is 1. The van der Waals surface area contributed by atoms with Crippen LogP contribution in [0.5, 0.6) is 0 Å². The van der Waals surface area contributed by atoms with Crippen LogP contribution in [-0.2, 0) is 11.3 Å². The average Bonchev–Trinajstić information content (AvgIpc) is 2.42. The van der Waals surface area contributed by atoms with E-state index in [4.69, 9.17) is 0 Å². The van der Waals surface area contributed by atoms with E-state index in [1.54, 1.807) is 0 Å². The molecule has 21 heavy (non-hydrogen) atoms. The van der Waals surface area contributed by atoms with E-state index in [0.29, 0.717) is 0 Å². The second-order valence-electron chi connectivity index (χ2n) is 4.87. The molecule has 1 aromatic heterocycles. The number of carbonyl (C=O) groups is 1. The van der Waals surface area contributed by atoms with Gasteiger partial charge in [-0.1, -0.05) is 18.2 Å². The molecular formula is C15H17N3O3. The molecule has 0 saturated heterocycles. The monoisotopic (exact) mass is 287 g/mol. The lowest BCUT2D eigenvalue weighted by molar-refractivity contribution is -0.116. The summed E-state index contributed by atoms with van der Waals surface area (Å²) in [5.41, 5.74) is 1.82. The summed E-state index contributed by atoms with van der Waals surface area (Å²) in [5.74, 6) is -0.175. The lowest BCUT2D eigenvalue weighted by atomic mass is 10.1. The van der Waals surface area contributed by atoms with Gasteiger partial charge in [-0.15, -0.1) is 0 Å². The Morgan fingerprint density at radius 1 is 1.19 bits per heavy atom. The van der Waals surface area contributed by atoms with Gasteiger partial charge in [0.25, 0.3) is 5.56 Å². The van der Waals surface area contributed by atoms with Crippen molar-refractivity contribution in [3.63, 3.8) is 0 Å². The summed E-state index contributed by atoms with van der Waals surface area (Å²) in [6, 6.07) is 7.04. The third kappa shape index (κ3) is 3.68. The predicted molar refractivity (Wildman–Crippen MR) is 80.5 cm³/mol. The lowest BCUT2D eigenvalue weighted by Crippen LogP contribution is -2.29. The number of aromatic nitrogens is 2. The fraction of sp³-hybridized carbons (Fsp3) is 0.267. The first kappa shape index (κ1) is 14.8. The number of aryl methyl sites for hydroxylation is 3. The molecule has 0 fully saturated rings.